The highest BCUT2D eigenvalue weighted by Crippen LogP contribution is 2.55. The first-order valence-corrected chi connectivity index (χ1v) is 9.13. The zero-order chi connectivity index (χ0) is 23.1. The van der Waals surface area contributed by atoms with E-state index in [1.807, 2.05) is 0 Å². The van der Waals surface area contributed by atoms with E-state index in [0.29, 0.717) is 4.73 Å². The van der Waals surface area contributed by atoms with Crippen molar-refractivity contribution in [2.45, 2.75) is 37.6 Å². The minimum Gasteiger partial charge on any atom is -0.493 e. The summed E-state index contributed by atoms with van der Waals surface area (Å²) in [7, 11) is 1.04. The number of pyridine rings is 1. The van der Waals surface area contributed by atoms with E-state index in [1.54, 1.807) is 0 Å². The fourth-order valence-corrected chi connectivity index (χ4v) is 3.70. The van der Waals surface area contributed by atoms with Crippen LogP contribution in [0, 0.1) is 17.6 Å². The summed E-state index contributed by atoms with van der Waals surface area (Å²) in [6.45, 7) is 2.00. The van der Waals surface area contributed by atoms with Crippen LogP contribution in [0.25, 0.3) is 0 Å². The molecule has 0 spiro atoms. The number of aromatic nitrogens is 1. The molecule has 168 valence electrons. The Morgan fingerprint density at radius 2 is 1.84 bits per heavy atom. The maximum Gasteiger partial charge on any atom is 0.417 e. The largest absolute Gasteiger partial charge is 0.493 e. The highest BCUT2D eigenvalue weighted by Gasteiger charge is 2.65. The van der Waals surface area contributed by atoms with Gasteiger partial charge in [-0.25, -0.2) is 14.1 Å². The maximum atomic E-state index is 14.3. The van der Waals surface area contributed by atoms with Crippen molar-refractivity contribution >= 4 is 5.91 Å². The molecule has 1 aliphatic heterocycles. The van der Waals surface area contributed by atoms with Crippen LogP contribution in [0.3, 0.4) is 0 Å². The number of rotatable bonds is 3. The molecule has 1 amide bonds. The molecule has 0 radical (unpaired) electrons. The van der Waals surface area contributed by atoms with E-state index >= 15 is 0 Å². The van der Waals surface area contributed by atoms with Crippen molar-refractivity contribution in [1.82, 2.24) is 4.73 Å². The van der Waals surface area contributed by atoms with Crippen LogP contribution >= 0.6 is 0 Å². The molecule has 0 saturated carbocycles. The molecule has 1 aromatic heterocycles. The van der Waals surface area contributed by atoms with E-state index in [9.17, 15) is 32.0 Å². The van der Waals surface area contributed by atoms with Crippen LogP contribution in [0.4, 0.5) is 22.0 Å². The monoisotopic (exact) mass is 446 g/mol. The fraction of sp³-hybridized carbons (Fsp3) is 0.400. The van der Waals surface area contributed by atoms with Crippen molar-refractivity contribution in [2.75, 3.05) is 7.11 Å². The molecular weight excluding hydrogens is 427 g/mol. The molecule has 31 heavy (non-hydrogen) atoms. The predicted octanol–water partition coefficient (Wildman–Crippen LogP) is 3.58. The minimum absolute atomic E-state index is 0.0585. The number of benzene rings is 1. The maximum absolute atomic E-state index is 14.3. The molecule has 1 aliphatic rings. The summed E-state index contributed by atoms with van der Waals surface area (Å²) < 4.78 is 80.3. The van der Waals surface area contributed by atoms with E-state index in [0.717, 1.165) is 26.2 Å². The number of amides is 1. The van der Waals surface area contributed by atoms with Gasteiger partial charge in [-0.3, -0.25) is 4.79 Å². The quantitative estimate of drug-likeness (QED) is 0.578. The highest BCUT2D eigenvalue weighted by atomic mass is 19.4. The highest BCUT2D eigenvalue weighted by molar-refractivity contribution is 5.83. The second-order valence-electron chi connectivity index (χ2n) is 7.33. The van der Waals surface area contributed by atoms with Gasteiger partial charge in [-0.05, 0) is 25.1 Å². The summed E-state index contributed by atoms with van der Waals surface area (Å²) in [5.74, 6) is -6.99. The van der Waals surface area contributed by atoms with E-state index in [4.69, 9.17) is 9.47 Å². The second-order valence-corrected chi connectivity index (χ2v) is 7.33. The number of alkyl halides is 3. The molecule has 0 aliphatic carbocycles. The van der Waals surface area contributed by atoms with E-state index in [2.05, 4.69) is 4.99 Å². The van der Waals surface area contributed by atoms with Gasteiger partial charge in [0.2, 0.25) is 5.82 Å². The van der Waals surface area contributed by atoms with Crippen molar-refractivity contribution < 1.29 is 41.4 Å². The molecule has 1 fully saturated rings. The van der Waals surface area contributed by atoms with Crippen LogP contribution in [-0.4, -0.2) is 40.8 Å². The van der Waals surface area contributed by atoms with Crippen molar-refractivity contribution in [1.29, 1.82) is 0 Å². The fourth-order valence-electron chi connectivity index (χ4n) is 3.70. The summed E-state index contributed by atoms with van der Waals surface area (Å²) in [4.78, 5) is 16.6. The summed E-state index contributed by atoms with van der Waals surface area (Å²) >= 11 is 0. The Morgan fingerprint density at radius 3 is 2.39 bits per heavy atom. The van der Waals surface area contributed by atoms with E-state index in [1.165, 1.54) is 31.5 Å². The van der Waals surface area contributed by atoms with Crippen LogP contribution < -0.4 is 10.1 Å². The zero-order valence-electron chi connectivity index (χ0n) is 16.7. The molecule has 1 saturated heterocycles. The summed E-state index contributed by atoms with van der Waals surface area (Å²) in [6.07, 6.45) is -4.28. The lowest BCUT2D eigenvalue weighted by Gasteiger charge is -2.32. The van der Waals surface area contributed by atoms with Gasteiger partial charge in [0.05, 0.1) is 12.5 Å². The van der Waals surface area contributed by atoms with Gasteiger partial charge in [0.1, 0.15) is 6.10 Å². The molecule has 2 aromatic rings. The lowest BCUT2D eigenvalue weighted by atomic mass is 9.77. The number of carbonyl (C=O) groups is 1. The normalized spacial score (nSPS) is 26.0. The van der Waals surface area contributed by atoms with Crippen molar-refractivity contribution in [3.63, 3.8) is 0 Å². The van der Waals surface area contributed by atoms with Crippen molar-refractivity contribution in [2.24, 2.45) is 10.9 Å². The molecule has 1 aromatic carbocycles. The Bertz CT molecular complexity index is 1050. The third kappa shape index (κ3) is 3.89. The van der Waals surface area contributed by atoms with Gasteiger partial charge in [-0.1, -0.05) is 13.0 Å². The molecule has 3 rings (SSSR count). The Hall–Kier alpha value is -2.95. The van der Waals surface area contributed by atoms with Crippen LogP contribution in [-0.2, 0) is 9.53 Å². The summed E-state index contributed by atoms with van der Waals surface area (Å²) in [6, 6.07) is 4.33. The van der Waals surface area contributed by atoms with E-state index < -0.39 is 53.0 Å². The standard InChI is InChI=1S/C20H19F5N2O4/c1-10-14(12-4-5-13(21)15(22)16(12)30-3)17(31-19(10,2)20(23,24)25)18(28)26-11-6-8-27(29)9-7-11/h4-10,14,17,29H,1-3H3/t10-,14-,17+,19+/m0/s1. The van der Waals surface area contributed by atoms with Gasteiger partial charge in [-0.15, -0.1) is 0 Å². The minimum atomic E-state index is -4.86. The van der Waals surface area contributed by atoms with Gasteiger partial charge in [-0.2, -0.15) is 17.6 Å². The van der Waals surface area contributed by atoms with Crippen molar-refractivity contribution in [3.05, 3.63) is 59.2 Å². The zero-order valence-corrected chi connectivity index (χ0v) is 16.7. The Morgan fingerprint density at radius 1 is 1.23 bits per heavy atom. The lowest BCUT2D eigenvalue weighted by Crippen LogP contribution is -2.47. The molecule has 0 bridgehead atoms. The van der Waals surface area contributed by atoms with Crippen LogP contribution in [0.15, 0.2) is 41.7 Å². The first-order valence-electron chi connectivity index (χ1n) is 9.13. The Balaban J connectivity index is 2.16. The first kappa shape index (κ1) is 22.7. The number of hydrogen-bond donors (Lipinski definition) is 1. The number of nitrogens with zero attached hydrogens (tertiary/aromatic N) is 2. The molecule has 6 nitrogen and oxygen atoms in total. The molecule has 1 N–H and O–H groups in total. The Labute approximate surface area is 173 Å². The topological polar surface area (TPSA) is 73.0 Å². The number of methoxy groups -OCH3 is 1. The van der Waals surface area contributed by atoms with Gasteiger partial charge in [0.25, 0.3) is 5.91 Å². The summed E-state index contributed by atoms with van der Waals surface area (Å²) in [5.41, 5.74) is -2.90. The molecule has 11 heteroatoms. The molecular formula is C20H19F5N2O4. The molecule has 4 atom stereocenters. The van der Waals surface area contributed by atoms with E-state index in [-0.39, 0.29) is 10.9 Å². The lowest BCUT2D eigenvalue weighted by molar-refractivity contribution is -0.272. The predicted molar refractivity (Wildman–Crippen MR) is 96.3 cm³/mol. The number of hydrogen-bond acceptors (Lipinski definition) is 4. The number of ether oxygens (including phenoxy) is 2. The van der Waals surface area contributed by atoms with Crippen molar-refractivity contribution in [3.8, 4) is 5.75 Å². The van der Waals surface area contributed by atoms with Crippen LogP contribution in [0.2, 0.25) is 0 Å². The third-order valence-electron chi connectivity index (χ3n) is 5.59. The third-order valence-corrected chi connectivity index (χ3v) is 5.59. The summed E-state index contributed by atoms with van der Waals surface area (Å²) in [5, 5.41) is 9.31. The van der Waals surface area contributed by atoms with Crippen LogP contribution in [0.5, 0.6) is 5.75 Å². The van der Waals surface area contributed by atoms with Crippen LogP contribution in [0.1, 0.15) is 25.3 Å². The van der Waals surface area contributed by atoms with Gasteiger partial charge < -0.3 is 14.7 Å². The van der Waals surface area contributed by atoms with Gasteiger partial charge in [0.15, 0.2) is 17.2 Å². The number of carbonyl (C=O) groups excluding carboxylic acids is 1. The average molecular weight is 446 g/mol. The SMILES string of the molecule is COc1c([C@H]2[C@H](C(=O)N=c3ccn(O)cc3)O[C@@](C)(C(F)(F)F)[C@H]2C)ccc(F)c1F. The smallest absolute Gasteiger partial charge is 0.417 e. The first-order chi connectivity index (χ1) is 14.4. The second kappa shape index (κ2) is 7.95. The molecule has 2 heterocycles. The number of halogens is 5. The Kier molecular flexibility index (Phi) is 5.83. The molecule has 0 unspecified atom stereocenters. The average Bonchev–Trinajstić information content (AvgIpc) is 2.98. The van der Waals surface area contributed by atoms with Gasteiger partial charge in [0, 0.05) is 29.8 Å². The van der Waals surface area contributed by atoms with Gasteiger partial charge >= 0.3 is 6.18 Å².